The molecular formula is C11H15N3O2. The van der Waals surface area contributed by atoms with Crippen molar-refractivity contribution in [3.05, 3.63) is 11.5 Å². The molecule has 5 nitrogen and oxygen atoms in total. The molecule has 0 atom stereocenters. The van der Waals surface area contributed by atoms with Gasteiger partial charge in [0.15, 0.2) is 5.76 Å². The van der Waals surface area contributed by atoms with Crippen molar-refractivity contribution in [3.63, 3.8) is 0 Å². The van der Waals surface area contributed by atoms with E-state index in [0.717, 1.165) is 43.1 Å². The molecule has 0 bridgehead atoms. The molecule has 0 N–H and O–H groups in total. The number of carbonyl (C=O) groups excluding carboxylic acids is 1. The number of carbonyl (C=O) groups is 1. The van der Waals surface area contributed by atoms with E-state index in [4.69, 9.17) is 4.52 Å². The average molecular weight is 221 g/mol. The number of aryl methyl sites for hydroxylation is 1. The third kappa shape index (κ3) is 1.31. The van der Waals surface area contributed by atoms with Crippen LogP contribution in [0.1, 0.15) is 30.2 Å². The van der Waals surface area contributed by atoms with Gasteiger partial charge in [0, 0.05) is 26.1 Å². The predicted molar refractivity (Wildman–Crippen MR) is 58.6 cm³/mol. The number of urea groups is 1. The normalized spacial score (nSPS) is 21.0. The van der Waals surface area contributed by atoms with Crippen LogP contribution in [-0.4, -0.2) is 36.2 Å². The van der Waals surface area contributed by atoms with Crippen molar-refractivity contribution in [2.24, 2.45) is 0 Å². The zero-order valence-electron chi connectivity index (χ0n) is 9.56. The molecule has 2 aliphatic rings. The predicted octanol–water partition coefficient (Wildman–Crippen LogP) is 1.73. The molecule has 3 rings (SSSR count). The molecule has 0 spiro atoms. The van der Waals surface area contributed by atoms with Gasteiger partial charge in [0.05, 0.1) is 0 Å². The fourth-order valence-corrected chi connectivity index (χ4v) is 2.18. The summed E-state index contributed by atoms with van der Waals surface area (Å²) in [6, 6.07) is 0.0493. The molecular weight excluding hydrogens is 206 g/mol. The Morgan fingerprint density at radius 1 is 1.38 bits per heavy atom. The Bertz CT molecular complexity index is 436. The van der Waals surface area contributed by atoms with E-state index in [1.54, 1.807) is 9.80 Å². The average Bonchev–Trinajstić information content (AvgIpc) is 2.97. The van der Waals surface area contributed by atoms with E-state index < -0.39 is 0 Å². The van der Waals surface area contributed by atoms with E-state index >= 15 is 0 Å². The highest BCUT2D eigenvalue weighted by Crippen LogP contribution is 2.46. The number of hydrogen-bond acceptors (Lipinski definition) is 3. The van der Waals surface area contributed by atoms with Crippen LogP contribution in [0.2, 0.25) is 0 Å². The second-order valence-electron chi connectivity index (χ2n) is 4.61. The lowest BCUT2D eigenvalue weighted by molar-refractivity contribution is 0.229. The number of anilines is 1. The molecule has 1 saturated carbocycles. The lowest BCUT2D eigenvalue weighted by atomic mass is 10.2. The summed E-state index contributed by atoms with van der Waals surface area (Å²) >= 11 is 0. The zero-order chi connectivity index (χ0) is 11.3. The molecule has 1 aromatic rings. The second-order valence-corrected chi connectivity index (χ2v) is 4.61. The topological polar surface area (TPSA) is 49.6 Å². The van der Waals surface area contributed by atoms with Gasteiger partial charge in [-0.3, -0.25) is 4.90 Å². The maximum atomic E-state index is 11.9. The summed E-state index contributed by atoms with van der Waals surface area (Å²) in [6.45, 7) is 3.40. The standard InChI is InChI=1S/C11H15N3O2/c1-7-9(10(16-12-7)8-3-4-8)14-6-5-13(2)11(14)15/h8H,3-6H2,1-2H3. The first-order valence-electron chi connectivity index (χ1n) is 5.67. The summed E-state index contributed by atoms with van der Waals surface area (Å²) in [5.41, 5.74) is 1.74. The molecule has 5 heteroatoms. The summed E-state index contributed by atoms with van der Waals surface area (Å²) in [7, 11) is 1.82. The van der Waals surface area contributed by atoms with Crippen LogP contribution in [0.25, 0.3) is 0 Å². The monoisotopic (exact) mass is 221 g/mol. The number of aromatic nitrogens is 1. The van der Waals surface area contributed by atoms with Crippen molar-refractivity contribution in [1.82, 2.24) is 10.1 Å². The van der Waals surface area contributed by atoms with E-state index in [-0.39, 0.29) is 6.03 Å². The van der Waals surface area contributed by atoms with Gasteiger partial charge in [-0.05, 0) is 19.8 Å². The third-order valence-corrected chi connectivity index (χ3v) is 3.29. The van der Waals surface area contributed by atoms with Gasteiger partial charge in [0.25, 0.3) is 0 Å². The number of nitrogens with zero attached hydrogens (tertiary/aromatic N) is 3. The molecule has 1 saturated heterocycles. The molecule has 1 aromatic heterocycles. The van der Waals surface area contributed by atoms with Crippen LogP contribution in [0, 0.1) is 6.92 Å². The Morgan fingerprint density at radius 3 is 2.69 bits per heavy atom. The number of hydrogen-bond donors (Lipinski definition) is 0. The Kier molecular flexibility index (Phi) is 1.96. The quantitative estimate of drug-likeness (QED) is 0.764. The Balaban J connectivity index is 1.99. The number of amides is 2. The molecule has 1 aliphatic carbocycles. The molecule has 2 amide bonds. The first-order chi connectivity index (χ1) is 7.68. The molecule has 0 radical (unpaired) electrons. The SMILES string of the molecule is Cc1noc(C2CC2)c1N1CCN(C)C1=O. The largest absolute Gasteiger partial charge is 0.359 e. The molecule has 1 aliphatic heterocycles. The molecule has 0 unspecified atom stereocenters. The Labute approximate surface area is 94.0 Å². The van der Waals surface area contributed by atoms with Gasteiger partial charge in [0.1, 0.15) is 11.4 Å². The maximum absolute atomic E-state index is 11.9. The summed E-state index contributed by atoms with van der Waals surface area (Å²) in [5.74, 6) is 1.39. The fourth-order valence-electron chi connectivity index (χ4n) is 2.18. The Morgan fingerprint density at radius 2 is 2.12 bits per heavy atom. The van der Waals surface area contributed by atoms with Gasteiger partial charge in [-0.25, -0.2) is 4.79 Å². The van der Waals surface area contributed by atoms with Crippen LogP contribution in [0.5, 0.6) is 0 Å². The van der Waals surface area contributed by atoms with Gasteiger partial charge in [0.2, 0.25) is 0 Å². The van der Waals surface area contributed by atoms with Gasteiger partial charge < -0.3 is 9.42 Å². The number of rotatable bonds is 2. The number of likely N-dealkylation sites (N-methyl/N-ethyl adjacent to an activating group) is 1. The van der Waals surface area contributed by atoms with Gasteiger partial charge >= 0.3 is 6.03 Å². The minimum atomic E-state index is 0.0493. The van der Waals surface area contributed by atoms with Crippen molar-refractivity contribution >= 4 is 11.7 Å². The first-order valence-corrected chi connectivity index (χ1v) is 5.67. The van der Waals surface area contributed by atoms with Gasteiger partial charge in [-0.15, -0.1) is 0 Å². The summed E-state index contributed by atoms with van der Waals surface area (Å²) in [5, 5.41) is 3.99. The highest BCUT2D eigenvalue weighted by Gasteiger charge is 2.37. The minimum absolute atomic E-state index is 0.0493. The molecule has 16 heavy (non-hydrogen) atoms. The lowest BCUT2D eigenvalue weighted by Crippen LogP contribution is -2.29. The molecule has 2 heterocycles. The van der Waals surface area contributed by atoms with Crippen LogP contribution in [0.3, 0.4) is 0 Å². The third-order valence-electron chi connectivity index (χ3n) is 3.29. The van der Waals surface area contributed by atoms with Crippen LogP contribution < -0.4 is 4.90 Å². The smallest absolute Gasteiger partial charge is 0.324 e. The van der Waals surface area contributed by atoms with E-state index in [1.807, 2.05) is 14.0 Å². The lowest BCUT2D eigenvalue weighted by Gasteiger charge is -2.15. The maximum Gasteiger partial charge on any atom is 0.324 e. The van der Waals surface area contributed by atoms with E-state index in [1.165, 1.54) is 0 Å². The van der Waals surface area contributed by atoms with Crippen LogP contribution >= 0.6 is 0 Å². The summed E-state index contributed by atoms with van der Waals surface area (Å²) in [6.07, 6.45) is 2.30. The van der Waals surface area contributed by atoms with Crippen molar-refractivity contribution < 1.29 is 9.32 Å². The van der Waals surface area contributed by atoms with E-state index in [0.29, 0.717) is 5.92 Å². The first kappa shape index (κ1) is 9.69. The van der Waals surface area contributed by atoms with Crippen LogP contribution in [0.15, 0.2) is 4.52 Å². The highest BCUT2D eigenvalue weighted by molar-refractivity contribution is 5.95. The summed E-state index contributed by atoms with van der Waals surface area (Å²) < 4.78 is 5.35. The molecule has 86 valence electrons. The van der Waals surface area contributed by atoms with Crippen molar-refractivity contribution in [3.8, 4) is 0 Å². The van der Waals surface area contributed by atoms with Crippen LogP contribution in [-0.2, 0) is 0 Å². The van der Waals surface area contributed by atoms with Crippen LogP contribution in [0.4, 0.5) is 10.5 Å². The Hall–Kier alpha value is -1.52. The summed E-state index contributed by atoms with van der Waals surface area (Å²) in [4.78, 5) is 15.5. The fraction of sp³-hybridized carbons (Fsp3) is 0.636. The van der Waals surface area contributed by atoms with Gasteiger partial charge in [-0.1, -0.05) is 5.16 Å². The molecule has 0 aromatic carbocycles. The van der Waals surface area contributed by atoms with Crippen molar-refractivity contribution in [2.45, 2.75) is 25.7 Å². The van der Waals surface area contributed by atoms with E-state index in [2.05, 4.69) is 5.16 Å². The zero-order valence-corrected chi connectivity index (χ0v) is 9.56. The van der Waals surface area contributed by atoms with Crippen molar-refractivity contribution in [1.29, 1.82) is 0 Å². The van der Waals surface area contributed by atoms with E-state index in [9.17, 15) is 4.79 Å². The van der Waals surface area contributed by atoms with Crippen molar-refractivity contribution in [2.75, 3.05) is 25.0 Å². The highest BCUT2D eigenvalue weighted by atomic mass is 16.5. The van der Waals surface area contributed by atoms with Gasteiger partial charge in [-0.2, -0.15) is 0 Å². The minimum Gasteiger partial charge on any atom is -0.359 e. The second kappa shape index (κ2) is 3.23. The molecule has 2 fully saturated rings.